The van der Waals surface area contributed by atoms with Crippen molar-refractivity contribution in [3.8, 4) is 5.75 Å². The Bertz CT molecular complexity index is 502. The molecule has 4 heteroatoms. The fourth-order valence-corrected chi connectivity index (χ4v) is 1.73. The predicted molar refractivity (Wildman–Crippen MR) is 71.2 cm³/mol. The minimum absolute atomic E-state index is 0.0926. The van der Waals surface area contributed by atoms with Crippen molar-refractivity contribution in [1.82, 2.24) is 5.48 Å². The maximum absolute atomic E-state index is 9.69. The van der Waals surface area contributed by atoms with Gasteiger partial charge >= 0.3 is 0 Å². The molecule has 2 aromatic rings. The van der Waals surface area contributed by atoms with Gasteiger partial charge in [0.05, 0.1) is 11.6 Å². The smallest absolute Gasteiger partial charge is 0.138 e. The van der Waals surface area contributed by atoms with Crippen LogP contribution in [0.5, 0.6) is 5.75 Å². The molecular formula is C14H14ClNO2. The predicted octanol–water partition coefficient (Wildman–Crippen LogP) is 3.27. The summed E-state index contributed by atoms with van der Waals surface area (Å²) in [5.41, 5.74) is 4.59. The molecule has 0 heterocycles. The summed E-state index contributed by atoms with van der Waals surface area (Å²) >= 11 is 5.80. The zero-order valence-corrected chi connectivity index (χ0v) is 10.5. The average molecular weight is 264 g/mol. The summed E-state index contributed by atoms with van der Waals surface area (Å²) in [5, 5.41) is 10.0. The van der Waals surface area contributed by atoms with E-state index >= 15 is 0 Å². The summed E-state index contributed by atoms with van der Waals surface area (Å²) in [6.07, 6.45) is 0. The van der Waals surface area contributed by atoms with Crippen LogP contribution in [-0.2, 0) is 18.0 Å². The number of phenolic OH excluding ortho intramolecular Hbond substituents is 1. The molecule has 0 atom stereocenters. The molecule has 0 fully saturated rings. The van der Waals surface area contributed by atoms with Crippen LogP contribution in [0.15, 0.2) is 48.5 Å². The number of hydroxylamine groups is 1. The van der Waals surface area contributed by atoms with Gasteiger partial charge in [0, 0.05) is 12.1 Å². The van der Waals surface area contributed by atoms with E-state index in [1.165, 1.54) is 0 Å². The highest BCUT2D eigenvalue weighted by Gasteiger charge is 2.04. The molecule has 0 saturated heterocycles. The highest BCUT2D eigenvalue weighted by Crippen LogP contribution is 2.26. The first-order valence-corrected chi connectivity index (χ1v) is 6.00. The number of rotatable bonds is 5. The molecule has 2 aromatic carbocycles. The van der Waals surface area contributed by atoms with E-state index in [9.17, 15) is 5.11 Å². The molecule has 0 saturated carbocycles. The van der Waals surface area contributed by atoms with Gasteiger partial charge < -0.3 is 5.11 Å². The minimum Gasteiger partial charge on any atom is -0.506 e. The zero-order valence-electron chi connectivity index (χ0n) is 9.77. The SMILES string of the molecule is Oc1c(Cl)cccc1CNOCc1ccccc1. The molecule has 0 aliphatic carbocycles. The highest BCUT2D eigenvalue weighted by molar-refractivity contribution is 6.32. The number of nitrogens with one attached hydrogen (secondary N) is 1. The van der Waals surface area contributed by atoms with Crippen molar-refractivity contribution in [2.75, 3.05) is 0 Å². The summed E-state index contributed by atoms with van der Waals surface area (Å²) in [6.45, 7) is 0.876. The van der Waals surface area contributed by atoms with Gasteiger partial charge in [-0.15, -0.1) is 0 Å². The lowest BCUT2D eigenvalue weighted by Crippen LogP contribution is -2.13. The molecule has 2 N–H and O–H groups in total. The van der Waals surface area contributed by atoms with Crippen molar-refractivity contribution in [1.29, 1.82) is 0 Å². The third-order valence-corrected chi connectivity index (χ3v) is 2.82. The second kappa shape index (κ2) is 6.40. The van der Waals surface area contributed by atoms with Gasteiger partial charge in [-0.3, -0.25) is 4.84 Å². The second-order valence-electron chi connectivity index (χ2n) is 3.84. The fourth-order valence-electron chi connectivity index (χ4n) is 1.54. The van der Waals surface area contributed by atoms with Gasteiger partial charge in [-0.2, -0.15) is 5.48 Å². The Labute approximate surface area is 111 Å². The number of hydrogen-bond donors (Lipinski definition) is 2. The summed E-state index contributed by atoms with van der Waals surface area (Å²) in [4.78, 5) is 5.31. The van der Waals surface area contributed by atoms with E-state index in [1.54, 1.807) is 18.2 Å². The number of phenols is 1. The molecule has 0 aromatic heterocycles. The van der Waals surface area contributed by atoms with Crippen molar-refractivity contribution >= 4 is 11.6 Å². The molecule has 94 valence electrons. The van der Waals surface area contributed by atoms with Gasteiger partial charge in [-0.25, -0.2) is 0 Å². The lowest BCUT2D eigenvalue weighted by atomic mass is 10.2. The van der Waals surface area contributed by atoms with Crippen LogP contribution in [0, 0.1) is 0 Å². The first-order chi connectivity index (χ1) is 8.77. The lowest BCUT2D eigenvalue weighted by Gasteiger charge is -2.08. The quantitative estimate of drug-likeness (QED) is 0.643. The largest absolute Gasteiger partial charge is 0.506 e. The van der Waals surface area contributed by atoms with E-state index in [-0.39, 0.29) is 5.75 Å². The van der Waals surface area contributed by atoms with Gasteiger partial charge in [0.15, 0.2) is 0 Å². The van der Waals surface area contributed by atoms with Crippen LogP contribution in [0.2, 0.25) is 5.02 Å². The molecule has 0 aliphatic rings. The first kappa shape index (κ1) is 12.9. The molecule has 0 aliphatic heterocycles. The van der Waals surface area contributed by atoms with Crippen molar-refractivity contribution < 1.29 is 9.94 Å². The van der Waals surface area contributed by atoms with Crippen LogP contribution < -0.4 is 5.48 Å². The number of para-hydroxylation sites is 1. The van der Waals surface area contributed by atoms with Gasteiger partial charge in [-0.05, 0) is 11.6 Å². The van der Waals surface area contributed by atoms with E-state index in [0.29, 0.717) is 23.7 Å². The number of hydrogen-bond acceptors (Lipinski definition) is 3. The molecule has 0 unspecified atom stereocenters. The topological polar surface area (TPSA) is 41.5 Å². The molecular weight excluding hydrogens is 250 g/mol. The van der Waals surface area contributed by atoms with E-state index in [2.05, 4.69) is 5.48 Å². The normalized spacial score (nSPS) is 10.5. The molecule has 3 nitrogen and oxygen atoms in total. The van der Waals surface area contributed by atoms with Gasteiger partial charge in [0.1, 0.15) is 5.75 Å². The lowest BCUT2D eigenvalue weighted by molar-refractivity contribution is 0.0231. The van der Waals surface area contributed by atoms with Crippen LogP contribution >= 0.6 is 11.6 Å². The molecule has 0 bridgehead atoms. The summed E-state index contributed by atoms with van der Waals surface area (Å²) in [6, 6.07) is 15.1. The van der Waals surface area contributed by atoms with E-state index in [1.807, 2.05) is 30.3 Å². The van der Waals surface area contributed by atoms with Crippen molar-refractivity contribution in [2.45, 2.75) is 13.2 Å². The highest BCUT2D eigenvalue weighted by atomic mass is 35.5. The monoisotopic (exact) mass is 263 g/mol. The zero-order chi connectivity index (χ0) is 12.8. The maximum Gasteiger partial charge on any atom is 0.138 e. The van der Waals surface area contributed by atoms with Crippen molar-refractivity contribution in [3.63, 3.8) is 0 Å². The van der Waals surface area contributed by atoms with Crippen LogP contribution in [0.3, 0.4) is 0 Å². The van der Waals surface area contributed by atoms with Crippen molar-refractivity contribution in [2.24, 2.45) is 0 Å². The van der Waals surface area contributed by atoms with Crippen LogP contribution in [-0.4, -0.2) is 5.11 Å². The minimum atomic E-state index is 0.0926. The Hall–Kier alpha value is -1.55. The number of benzene rings is 2. The molecule has 0 spiro atoms. The summed E-state index contributed by atoms with van der Waals surface area (Å²) in [7, 11) is 0. The van der Waals surface area contributed by atoms with Gasteiger partial charge in [-0.1, -0.05) is 54.1 Å². The third-order valence-electron chi connectivity index (χ3n) is 2.52. The third kappa shape index (κ3) is 3.47. The number of aromatic hydroxyl groups is 1. The van der Waals surface area contributed by atoms with Gasteiger partial charge in [0.25, 0.3) is 0 Å². The Morgan fingerprint density at radius 1 is 1.06 bits per heavy atom. The van der Waals surface area contributed by atoms with Gasteiger partial charge in [0.2, 0.25) is 0 Å². The fraction of sp³-hybridized carbons (Fsp3) is 0.143. The molecule has 0 amide bonds. The first-order valence-electron chi connectivity index (χ1n) is 5.62. The van der Waals surface area contributed by atoms with E-state index < -0.39 is 0 Å². The molecule has 2 rings (SSSR count). The average Bonchev–Trinajstić information content (AvgIpc) is 2.40. The Morgan fingerprint density at radius 3 is 2.61 bits per heavy atom. The Kier molecular flexibility index (Phi) is 4.59. The Balaban J connectivity index is 1.81. The number of halogens is 1. The van der Waals surface area contributed by atoms with E-state index in [0.717, 1.165) is 5.56 Å². The summed E-state index contributed by atoms with van der Waals surface area (Å²) < 4.78 is 0. The summed E-state index contributed by atoms with van der Waals surface area (Å²) in [5.74, 6) is 0.0926. The second-order valence-corrected chi connectivity index (χ2v) is 4.25. The molecule has 18 heavy (non-hydrogen) atoms. The van der Waals surface area contributed by atoms with Crippen molar-refractivity contribution in [3.05, 3.63) is 64.7 Å². The Morgan fingerprint density at radius 2 is 1.83 bits per heavy atom. The van der Waals surface area contributed by atoms with E-state index in [4.69, 9.17) is 16.4 Å². The standard InChI is InChI=1S/C14H14ClNO2/c15-13-8-4-7-12(14(13)17)9-16-18-10-11-5-2-1-3-6-11/h1-8,16-17H,9-10H2. The maximum atomic E-state index is 9.69. The molecule has 0 radical (unpaired) electrons. The van der Waals surface area contributed by atoms with Crippen LogP contribution in [0.25, 0.3) is 0 Å². The van der Waals surface area contributed by atoms with Crippen LogP contribution in [0.4, 0.5) is 0 Å². The van der Waals surface area contributed by atoms with Crippen LogP contribution in [0.1, 0.15) is 11.1 Å².